The van der Waals surface area contributed by atoms with Crippen LogP contribution in [0.1, 0.15) is 28.8 Å². The van der Waals surface area contributed by atoms with Crippen LogP contribution < -0.4 is 5.32 Å². The van der Waals surface area contributed by atoms with Gasteiger partial charge in [0.1, 0.15) is 28.4 Å². The smallest absolute Gasteiger partial charge is 0.257 e. The highest BCUT2D eigenvalue weighted by Gasteiger charge is 2.24. The van der Waals surface area contributed by atoms with E-state index < -0.39 is 0 Å². The van der Waals surface area contributed by atoms with E-state index in [1.165, 1.54) is 0 Å². The van der Waals surface area contributed by atoms with Crippen LogP contribution in [-0.2, 0) is 6.42 Å². The Morgan fingerprint density at radius 2 is 1.93 bits per heavy atom. The first kappa shape index (κ1) is 18.3. The van der Waals surface area contributed by atoms with Crippen molar-refractivity contribution in [3.8, 4) is 11.3 Å². The van der Waals surface area contributed by atoms with E-state index in [1.807, 2.05) is 55.5 Å². The van der Waals surface area contributed by atoms with E-state index in [-0.39, 0.29) is 11.9 Å². The summed E-state index contributed by atoms with van der Waals surface area (Å²) in [6, 6.07) is 16.9. The number of carbonyl (C=O) groups is 1. The lowest BCUT2D eigenvalue weighted by atomic mass is 10.0. The molecule has 1 amide bonds. The van der Waals surface area contributed by atoms with Crippen LogP contribution in [0.25, 0.3) is 22.2 Å². The minimum Gasteiger partial charge on any atom is -0.461 e. The lowest BCUT2D eigenvalue weighted by Gasteiger charge is -2.13. The molecule has 0 aliphatic heterocycles. The van der Waals surface area contributed by atoms with E-state index in [0.29, 0.717) is 34.0 Å². The maximum atomic E-state index is 12.9. The van der Waals surface area contributed by atoms with E-state index in [2.05, 4.69) is 10.5 Å². The maximum absolute atomic E-state index is 12.9. The van der Waals surface area contributed by atoms with Gasteiger partial charge in [0.2, 0.25) is 0 Å². The zero-order valence-electron chi connectivity index (χ0n) is 15.5. The van der Waals surface area contributed by atoms with Crippen molar-refractivity contribution in [2.24, 2.45) is 0 Å². The lowest BCUT2D eigenvalue weighted by Crippen LogP contribution is -2.34. The highest BCUT2D eigenvalue weighted by Crippen LogP contribution is 2.31. The van der Waals surface area contributed by atoms with Gasteiger partial charge in [-0.3, -0.25) is 4.79 Å². The number of benzene rings is 2. The van der Waals surface area contributed by atoms with Crippen LogP contribution in [0.5, 0.6) is 0 Å². The van der Waals surface area contributed by atoms with Gasteiger partial charge in [-0.25, -0.2) is 0 Å². The first-order chi connectivity index (χ1) is 13.5. The molecule has 0 aliphatic carbocycles. The average Bonchev–Trinajstić information content (AvgIpc) is 3.24. The summed E-state index contributed by atoms with van der Waals surface area (Å²) in [5, 5.41) is 8.61. The van der Waals surface area contributed by atoms with Crippen molar-refractivity contribution in [3.63, 3.8) is 0 Å². The third kappa shape index (κ3) is 3.53. The molecular formula is C22H19ClN2O3. The Morgan fingerprint density at radius 3 is 2.71 bits per heavy atom. The molecule has 0 saturated carbocycles. The molecule has 5 nitrogen and oxygen atoms in total. The van der Waals surface area contributed by atoms with Crippen LogP contribution in [-0.4, -0.2) is 17.1 Å². The van der Waals surface area contributed by atoms with Crippen LogP contribution in [0.2, 0.25) is 5.02 Å². The molecule has 4 rings (SSSR count). The number of nitrogens with zero attached hydrogens (tertiary/aromatic N) is 1. The van der Waals surface area contributed by atoms with Crippen LogP contribution >= 0.6 is 11.6 Å². The Labute approximate surface area is 167 Å². The fourth-order valence-corrected chi connectivity index (χ4v) is 3.49. The SMILES string of the molecule is Cc1onc(-c2ccccc2Cl)c1C(=O)NC(C)Cc1cc2ccccc2o1. The Morgan fingerprint density at radius 1 is 1.18 bits per heavy atom. The molecule has 0 radical (unpaired) electrons. The molecule has 0 aliphatic rings. The number of halogens is 1. The standard InChI is InChI=1S/C22H19ClN2O3/c1-13(11-16-12-15-7-3-6-10-19(15)27-16)24-22(26)20-14(2)28-25-21(20)17-8-4-5-9-18(17)23/h3-10,12-13H,11H2,1-2H3,(H,24,26). The Hall–Kier alpha value is -3.05. The molecule has 0 saturated heterocycles. The van der Waals surface area contributed by atoms with Gasteiger partial charge in [-0.15, -0.1) is 0 Å². The van der Waals surface area contributed by atoms with Gasteiger partial charge in [0.05, 0.1) is 5.02 Å². The highest BCUT2D eigenvalue weighted by molar-refractivity contribution is 6.33. The molecule has 0 bridgehead atoms. The van der Waals surface area contributed by atoms with Crippen molar-refractivity contribution in [1.29, 1.82) is 0 Å². The number of aryl methyl sites for hydroxylation is 1. The first-order valence-electron chi connectivity index (χ1n) is 9.02. The van der Waals surface area contributed by atoms with Crippen molar-refractivity contribution >= 4 is 28.5 Å². The lowest BCUT2D eigenvalue weighted by molar-refractivity contribution is 0.0938. The summed E-state index contributed by atoms with van der Waals surface area (Å²) >= 11 is 6.27. The van der Waals surface area contributed by atoms with E-state index in [9.17, 15) is 4.79 Å². The van der Waals surface area contributed by atoms with Gasteiger partial charge >= 0.3 is 0 Å². The summed E-state index contributed by atoms with van der Waals surface area (Å²) in [5.41, 5.74) is 2.34. The molecular weight excluding hydrogens is 376 g/mol. The van der Waals surface area contributed by atoms with Crippen molar-refractivity contribution in [1.82, 2.24) is 10.5 Å². The molecule has 142 valence electrons. The number of rotatable bonds is 5. The summed E-state index contributed by atoms with van der Waals surface area (Å²) in [6.45, 7) is 3.65. The average molecular weight is 395 g/mol. The topological polar surface area (TPSA) is 68.3 Å². The molecule has 4 aromatic rings. The van der Waals surface area contributed by atoms with Gasteiger partial charge in [-0.1, -0.05) is 53.2 Å². The quantitative estimate of drug-likeness (QED) is 0.491. The van der Waals surface area contributed by atoms with Crippen molar-refractivity contribution in [3.05, 3.63) is 76.7 Å². The van der Waals surface area contributed by atoms with Gasteiger partial charge in [-0.05, 0) is 32.0 Å². The maximum Gasteiger partial charge on any atom is 0.257 e. The van der Waals surface area contributed by atoms with E-state index in [4.69, 9.17) is 20.5 Å². The van der Waals surface area contributed by atoms with Crippen molar-refractivity contribution < 1.29 is 13.7 Å². The number of hydrogen-bond acceptors (Lipinski definition) is 4. The molecule has 1 atom stereocenters. The number of nitrogens with one attached hydrogen (secondary N) is 1. The zero-order chi connectivity index (χ0) is 19.7. The first-order valence-corrected chi connectivity index (χ1v) is 9.40. The second-order valence-electron chi connectivity index (χ2n) is 6.77. The molecule has 0 fully saturated rings. The molecule has 28 heavy (non-hydrogen) atoms. The molecule has 2 heterocycles. The van der Waals surface area contributed by atoms with Gasteiger partial charge in [0.15, 0.2) is 0 Å². The number of furan rings is 1. The number of fused-ring (bicyclic) bond motifs is 1. The third-order valence-corrected chi connectivity index (χ3v) is 4.91. The minimum atomic E-state index is -0.253. The Kier molecular flexibility index (Phi) is 4.92. The normalized spacial score (nSPS) is 12.2. The Bertz CT molecular complexity index is 1110. The number of amides is 1. The summed E-state index contributed by atoms with van der Waals surface area (Å²) in [5.74, 6) is 1.02. The fraction of sp³-hybridized carbons (Fsp3) is 0.182. The number of aromatic nitrogens is 1. The highest BCUT2D eigenvalue weighted by atomic mass is 35.5. The van der Waals surface area contributed by atoms with Gasteiger partial charge in [0.25, 0.3) is 5.91 Å². The van der Waals surface area contributed by atoms with Crippen molar-refractivity contribution in [2.45, 2.75) is 26.3 Å². The van der Waals surface area contributed by atoms with Crippen LogP contribution in [0.3, 0.4) is 0 Å². The van der Waals surface area contributed by atoms with Crippen molar-refractivity contribution in [2.75, 3.05) is 0 Å². The molecule has 2 aromatic carbocycles. The predicted octanol–water partition coefficient (Wildman–Crippen LogP) is 5.41. The molecule has 6 heteroatoms. The molecule has 1 unspecified atom stereocenters. The van der Waals surface area contributed by atoms with Gasteiger partial charge < -0.3 is 14.3 Å². The summed E-state index contributed by atoms with van der Waals surface area (Å²) < 4.78 is 11.1. The zero-order valence-corrected chi connectivity index (χ0v) is 16.3. The number of hydrogen-bond donors (Lipinski definition) is 1. The number of carbonyl (C=O) groups excluding carboxylic acids is 1. The Balaban J connectivity index is 1.54. The summed E-state index contributed by atoms with van der Waals surface area (Å²) in [7, 11) is 0. The van der Waals surface area contributed by atoms with E-state index in [1.54, 1.807) is 13.0 Å². The molecule has 1 N–H and O–H groups in total. The van der Waals surface area contributed by atoms with Crippen LogP contribution in [0, 0.1) is 6.92 Å². The van der Waals surface area contributed by atoms with E-state index >= 15 is 0 Å². The minimum absolute atomic E-state index is 0.138. The van der Waals surface area contributed by atoms with E-state index in [0.717, 1.165) is 16.7 Å². The summed E-state index contributed by atoms with van der Waals surface area (Å²) in [4.78, 5) is 12.9. The predicted molar refractivity (Wildman–Crippen MR) is 109 cm³/mol. The molecule has 2 aromatic heterocycles. The second kappa shape index (κ2) is 7.52. The number of para-hydroxylation sites is 1. The second-order valence-corrected chi connectivity index (χ2v) is 7.18. The monoisotopic (exact) mass is 394 g/mol. The summed E-state index contributed by atoms with van der Waals surface area (Å²) in [6.07, 6.45) is 0.576. The van der Waals surface area contributed by atoms with Crippen LogP contribution in [0.15, 0.2) is 63.5 Å². The van der Waals surface area contributed by atoms with Gasteiger partial charge in [-0.2, -0.15) is 0 Å². The van der Waals surface area contributed by atoms with Gasteiger partial charge in [0, 0.05) is 23.4 Å². The molecule has 0 spiro atoms. The third-order valence-electron chi connectivity index (χ3n) is 4.58. The largest absolute Gasteiger partial charge is 0.461 e. The van der Waals surface area contributed by atoms with Crippen LogP contribution in [0.4, 0.5) is 0 Å². The fourth-order valence-electron chi connectivity index (χ4n) is 3.26.